The first-order valence-corrected chi connectivity index (χ1v) is 6.09. The quantitative estimate of drug-likeness (QED) is 0.866. The molecule has 1 amide bonds. The van der Waals surface area contributed by atoms with Crippen molar-refractivity contribution in [1.82, 2.24) is 9.97 Å². The predicted molar refractivity (Wildman–Crippen MR) is 70.5 cm³/mol. The standard InChI is InChI=1S/C14H13F2N3O/c1-3-19(13-9(2)17-6-7-18-13)14(20)10-4-5-11(15)12(16)8-10/h4-8H,3H2,1-2H3. The van der Waals surface area contributed by atoms with E-state index < -0.39 is 17.5 Å². The van der Waals surface area contributed by atoms with Crippen molar-refractivity contribution in [3.05, 3.63) is 53.5 Å². The smallest absolute Gasteiger partial charge is 0.259 e. The van der Waals surface area contributed by atoms with E-state index in [0.29, 0.717) is 18.1 Å². The summed E-state index contributed by atoms with van der Waals surface area (Å²) in [5.74, 6) is -2.08. The minimum absolute atomic E-state index is 0.0656. The van der Waals surface area contributed by atoms with Crippen molar-refractivity contribution < 1.29 is 13.6 Å². The van der Waals surface area contributed by atoms with E-state index in [-0.39, 0.29) is 5.56 Å². The van der Waals surface area contributed by atoms with E-state index in [0.717, 1.165) is 12.1 Å². The summed E-state index contributed by atoms with van der Waals surface area (Å²) in [4.78, 5) is 21.9. The van der Waals surface area contributed by atoms with E-state index in [1.165, 1.54) is 23.4 Å². The Morgan fingerprint density at radius 3 is 2.50 bits per heavy atom. The molecule has 0 aliphatic carbocycles. The largest absolute Gasteiger partial charge is 0.291 e. The molecule has 1 aromatic heterocycles. The molecule has 6 heteroatoms. The zero-order chi connectivity index (χ0) is 14.7. The Hall–Kier alpha value is -2.37. The molecule has 0 aliphatic heterocycles. The van der Waals surface area contributed by atoms with Crippen molar-refractivity contribution in [2.24, 2.45) is 0 Å². The molecule has 0 fully saturated rings. The normalized spacial score (nSPS) is 10.4. The summed E-state index contributed by atoms with van der Waals surface area (Å²) in [6, 6.07) is 3.06. The van der Waals surface area contributed by atoms with Gasteiger partial charge >= 0.3 is 0 Å². The summed E-state index contributed by atoms with van der Waals surface area (Å²) in [7, 11) is 0. The zero-order valence-electron chi connectivity index (χ0n) is 11.1. The van der Waals surface area contributed by atoms with E-state index in [1.807, 2.05) is 0 Å². The Labute approximate surface area is 115 Å². The number of carbonyl (C=O) groups excluding carboxylic acids is 1. The monoisotopic (exact) mass is 277 g/mol. The van der Waals surface area contributed by atoms with Crippen LogP contribution in [-0.2, 0) is 0 Å². The molecule has 0 radical (unpaired) electrons. The summed E-state index contributed by atoms with van der Waals surface area (Å²) in [5.41, 5.74) is 0.654. The Bertz CT molecular complexity index is 646. The first kappa shape index (κ1) is 14.0. The Balaban J connectivity index is 2.39. The Morgan fingerprint density at radius 1 is 1.20 bits per heavy atom. The van der Waals surface area contributed by atoms with E-state index in [2.05, 4.69) is 9.97 Å². The summed E-state index contributed by atoms with van der Waals surface area (Å²) in [6.45, 7) is 3.84. The maximum Gasteiger partial charge on any atom is 0.259 e. The van der Waals surface area contributed by atoms with E-state index >= 15 is 0 Å². The molecular formula is C14H13F2N3O. The molecule has 2 aromatic rings. The number of aromatic nitrogens is 2. The molecule has 104 valence electrons. The third-order valence-corrected chi connectivity index (χ3v) is 2.84. The van der Waals surface area contributed by atoms with Crippen molar-refractivity contribution in [3.63, 3.8) is 0 Å². The fraction of sp³-hybridized carbons (Fsp3) is 0.214. The highest BCUT2D eigenvalue weighted by atomic mass is 19.2. The van der Waals surface area contributed by atoms with Crippen LogP contribution in [0.5, 0.6) is 0 Å². The molecule has 2 rings (SSSR count). The first-order valence-electron chi connectivity index (χ1n) is 6.09. The molecule has 1 heterocycles. The zero-order valence-corrected chi connectivity index (χ0v) is 11.1. The molecule has 20 heavy (non-hydrogen) atoms. The lowest BCUT2D eigenvalue weighted by molar-refractivity contribution is 0.0986. The number of nitrogens with zero attached hydrogens (tertiary/aromatic N) is 3. The number of anilines is 1. The fourth-order valence-corrected chi connectivity index (χ4v) is 1.84. The van der Waals surface area contributed by atoms with Crippen molar-refractivity contribution in [1.29, 1.82) is 0 Å². The second kappa shape index (κ2) is 5.73. The van der Waals surface area contributed by atoms with Crippen molar-refractivity contribution in [2.75, 3.05) is 11.4 Å². The average Bonchev–Trinajstić information content (AvgIpc) is 2.44. The van der Waals surface area contributed by atoms with E-state index in [1.54, 1.807) is 13.8 Å². The molecule has 4 nitrogen and oxygen atoms in total. The van der Waals surface area contributed by atoms with Crippen molar-refractivity contribution in [2.45, 2.75) is 13.8 Å². The summed E-state index contributed by atoms with van der Waals surface area (Å²) in [5, 5.41) is 0. The molecule has 0 spiro atoms. The van der Waals surface area contributed by atoms with Crippen molar-refractivity contribution in [3.8, 4) is 0 Å². The number of rotatable bonds is 3. The van der Waals surface area contributed by atoms with E-state index in [4.69, 9.17) is 0 Å². The number of carbonyl (C=O) groups is 1. The molecule has 0 saturated carbocycles. The van der Waals surface area contributed by atoms with Crippen LogP contribution in [0.4, 0.5) is 14.6 Å². The third kappa shape index (κ3) is 2.64. The van der Waals surface area contributed by atoms with Crippen LogP contribution >= 0.6 is 0 Å². The number of halogens is 2. The number of hydrogen-bond acceptors (Lipinski definition) is 3. The van der Waals surface area contributed by atoms with Crippen LogP contribution in [0.15, 0.2) is 30.6 Å². The van der Waals surface area contributed by atoms with E-state index in [9.17, 15) is 13.6 Å². The van der Waals surface area contributed by atoms with Gasteiger partial charge in [0.25, 0.3) is 5.91 Å². The maximum absolute atomic E-state index is 13.2. The summed E-state index contributed by atoms with van der Waals surface area (Å²) < 4.78 is 26.1. The van der Waals surface area contributed by atoms with Crippen LogP contribution in [0.25, 0.3) is 0 Å². The SMILES string of the molecule is CCN(C(=O)c1ccc(F)c(F)c1)c1nccnc1C. The second-order valence-corrected chi connectivity index (χ2v) is 4.14. The highest BCUT2D eigenvalue weighted by Crippen LogP contribution is 2.18. The lowest BCUT2D eigenvalue weighted by Crippen LogP contribution is -2.32. The van der Waals surface area contributed by atoms with Gasteiger partial charge in [-0.2, -0.15) is 0 Å². The molecule has 0 saturated heterocycles. The van der Waals surface area contributed by atoms with Crippen LogP contribution in [-0.4, -0.2) is 22.4 Å². The van der Waals surface area contributed by atoms with Gasteiger partial charge in [-0.1, -0.05) is 0 Å². The minimum atomic E-state index is -1.05. The lowest BCUT2D eigenvalue weighted by atomic mass is 10.2. The van der Waals surface area contributed by atoms with Gasteiger partial charge in [-0.05, 0) is 32.0 Å². The molecule has 1 aromatic carbocycles. The van der Waals surface area contributed by atoms with Crippen LogP contribution in [0.2, 0.25) is 0 Å². The number of aryl methyl sites for hydroxylation is 1. The maximum atomic E-state index is 13.2. The van der Waals surface area contributed by atoms with Crippen molar-refractivity contribution >= 4 is 11.7 Å². The van der Waals surface area contributed by atoms with Gasteiger partial charge in [0.05, 0.1) is 5.69 Å². The number of amides is 1. The van der Waals surface area contributed by atoms with Gasteiger partial charge in [0.1, 0.15) is 0 Å². The third-order valence-electron chi connectivity index (χ3n) is 2.84. The lowest BCUT2D eigenvalue weighted by Gasteiger charge is -2.21. The predicted octanol–water partition coefficient (Wildman–Crippen LogP) is 2.73. The molecule has 0 aliphatic rings. The first-order chi connectivity index (χ1) is 9.54. The number of hydrogen-bond donors (Lipinski definition) is 0. The number of benzene rings is 1. The van der Waals surface area contributed by atoms with Gasteiger partial charge in [0.2, 0.25) is 0 Å². The Morgan fingerprint density at radius 2 is 1.90 bits per heavy atom. The topological polar surface area (TPSA) is 46.1 Å². The van der Waals surface area contributed by atoms with Gasteiger partial charge in [-0.3, -0.25) is 14.7 Å². The van der Waals surface area contributed by atoms with Crippen LogP contribution in [0.1, 0.15) is 23.0 Å². The minimum Gasteiger partial charge on any atom is -0.291 e. The highest BCUT2D eigenvalue weighted by molar-refractivity contribution is 6.05. The van der Waals surface area contributed by atoms with Gasteiger partial charge in [-0.25, -0.2) is 13.8 Å². The average molecular weight is 277 g/mol. The van der Waals surface area contributed by atoms with Gasteiger partial charge in [-0.15, -0.1) is 0 Å². The molecule has 0 unspecified atom stereocenters. The van der Waals surface area contributed by atoms with Gasteiger partial charge < -0.3 is 0 Å². The van der Waals surface area contributed by atoms with Crippen LogP contribution in [0, 0.1) is 18.6 Å². The molecular weight excluding hydrogens is 264 g/mol. The molecule has 0 bridgehead atoms. The summed E-state index contributed by atoms with van der Waals surface area (Å²) in [6.07, 6.45) is 3.00. The Kier molecular flexibility index (Phi) is 4.02. The fourth-order valence-electron chi connectivity index (χ4n) is 1.84. The van der Waals surface area contributed by atoms with Crippen LogP contribution in [0.3, 0.4) is 0 Å². The highest BCUT2D eigenvalue weighted by Gasteiger charge is 2.20. The van der Waals surface area contributed by atoms with Gasteiger partial charge in [0, 0.05) is 24.5 Å². The second-order valence-electron chi connectivity index (χ2n) is 4.14. The van der Waals surface area contributed by atoms with Crippen LogP contribution < -0.4 is 4.90 Å². The molecule has 0 atom stereocenters. The van der Waals surface area contributed by atoms with Gasteiger partial charge in [0.15, 0.2) is 17.5 Å². The summed E-state index contributed by atoms with van der Waals surface area (Å²) >= 11 is 0. The molecule has 0 N–H and O–H groups in total.